The van der Waals surface area contributed by atoms with Crippen LogP contribution in [0.4, 0.5) is 5.82 Å². The van der Waals surface area contributed by atoms with E-state index in [1.165, 1.54) is 14.2 Å². The van der Waals surface area contributed by atoms with Gasteiger partial charge in [-0.2, -0.15) is 0 Å². The third kappa shape index (κ3) is 6.65. The number of hydrogen-bond acceptors (Lipinski definition) is 8. The standard InChI is InChI=1S/C28H40N4O6/c1-6-7-8-9-10-22(31-17-24(29)30-18-31)25(33)32-16-21(15-23(32)26(34)36-4)38-20-13-11-19(12-14-20)28(2,3)27(35)37-5/h11-14,17-18,21-23H,6-10,15-16,29H2,1-5H3/t21-,22+,23-/m0/s1. The molecule has 10 heteroatoms. The second kappa shape index (κ2) is 12.8. The number of nitrogens with zero attached hydrogens (tertiary/aromatic N) is 3. The molecule has 1 saturated heterocycles. The molecular formula is C28H40N4O6. The van der Waals surface area contributed by atoms with Crippen molar-refractivity contribution in [2.75, 3.05) is 26.5 Å². The second-order valence-electron chi connectivity index (χ2n) is 10.3. The Balaban J connectivity index is 1.77. The van der Waals surface area contributed by atoms with E-state index in [1.54, 1.807) is 48.0 Å². The minimum atomic E-state index is -0.803. The van der Waals surface area contributed by atoms with Gasteiger partial charge < -0.3 is 29.4 Å². The summed E-state index contributed by atoms with van der Waals surface area (Å²) in [6.45, 7) is 5.97. The van der Waals surface area contributed by atoms with Crippen molar-refractivity contribution < 1.29 is 28.6 Å². The Bertz CT molecular complexity index is 1100. The number of methoxy groups -OCH3 is 2. The highest BCUT2D eigenvalue weighted by Crippen LogP contribution is 2.31. The fourth-order valence-corrected chi connectivity index (χ4v) is 4.88. The molecule has 2 N–H and O–H groups in total. The Hall–Kier alpha value is -3.56. The van der Waals surface area contributed by atoms with Crippen LogP contribution in [0.5, 0.6) is 5.75 Å². The summed E-state index contributed by atoms with van der Waals surface area (Å²) in [5.41, 5.74) is 5.82. The molecule has 1 aromatic heterocycles. The Morgan fingerprint density at radius 3 is 2.39 bits per heavy atom. The van der Waals surface area contributed by atoms with Crippen LogP contribution < -0.4 is 10.5 Å². The van der Waals surface area contributed by atoms with Crippen molar-refractivity contribution in [2.24, 2.45) is 0 Å². The van der Waals surface area contributed by atoms with Crippen LogP contribution in [0.3, 0.4) is 0 Å². The van der Waals surface area contributed by atoms with Crippen molar-refractivity contribution in [3.05, 3.63) is 42.4 Å². The van der Waals surface area contributed by atoms with Crippen molar-refractivity contribution in [3.8, 4) is 5.75 Å². The number of nitrogens with two attached hydrogens (primary N) is 1. The molecule has 2 heterocycles. The van der Waals surface area contributed by atoms with Crippen LogP contribution in [-0.4, -0.2) is 65.2 Å². The summed E-state index contributed by atoms with van der Waals surface area (Å²) in [7, 11) is 2.68. The monoisotopic (exact) mass is 528 g/mol. The van der Waals surface area contributed by atoms with Gasteiger partial charge in [0.05, 0.1) is 32.5 Å². The quantitative estimate of drug-likeness (QED) is 0.327. The minimum absolute atomic E-state index is 0.185. The van der Waals surface area contributed by atoms with Gasteiger partial charge in [-0.25, -0.2) is 9.78 Å². The number of amides is 1. The summed E-state index contributed by atoms with van der Waals surface area (Å²) in [5, 5.41) is 0. The zero-order valence-electron chi connectivity index (χ0n) is 23.0. The van der Waals surface area contributed by atoms with Gasteiger partial charge in [0.25, 0.3) is 0 Å². The molecular weight excluding hydrogens is 488 g/mol. The van der Waals surface area contributed by atoms with Gasteiger partial charge in [-0.05, 0) is 38.0 Å². The molecule has 2 aromatic rings. The van der Waals surface area contributed by atoms with Crippen molar-refractivity contribution >= 4 is 23.7 Å². The maximum absolute atomic E-state index is 13.8. The van der Waals surface area contributed by atoms with E-state index < -0.39 is 29.6 Å². The Morgan fingerprint density at radius 1 is 1.11 bits per heavy atom. The second-order valence-corrected chi connectivity index (χ2v) is 10.3. The number of imidazole rings is 1. The van der Waals surface area contributed by atoms with E-state index >= 15 is 0 Å². The number of likely N-dealkylation sites (tertiary alicyclic amines) is 1. The molecule has 0 saturated carbocycles. The smallest absolute Gasteiger partial charge is 0.328 e. The normalized spacial score (nSPS) is 18.2. The van der Waals surface area contributed by atoms with E-state index in [9.17, 15) is 14.4 Å². The van der Waals surface area contributed by atoms with E-state index in [0.29, 0.717) is 24.4 Å². The number of nitrogen functional groups attached to an aromatic ring is 1. The Morgan fingerprint density at radius 2 is 1.82 bits per heavy atom. The summed E-state index contributed by atoms with van der Waals surface area (Å²) in [6, 6.07) is 5.91. The predicted molar refractivity (Wildman–Crippen MR) is 142 cm³/mol. The highest BCUT2D eigenvalue weighted by atomic mass is 16.5. The molecule has 3 rings (SSSR count). The highest BCUT2D eigenvalue weighted by molar-refractivity contribution is 5.87. The highest BCUT2D eigenvalue weighted by Gasteiger charge is 2.43. The number of aromatic nitrogens is 2. The average Bonchev–Trinajstić information content (AvgIpc) is 3.54. The first kappa shape index (κ1) is 29.0. The van der Waals surface area contributed by atoms with Gasteiger partial charge >= 0.3 is 11.9 Å². The van der Waals surface area contributed by atoms with Gasteiger partial charge in [0.1, 0.15) is 29.8 Å². The first-order valence-corrected chi connectivity index (χ1v) is 13.1. The van der Waals surface area contributed by atoms with E-state index in [-0.39, 0.29) is 18.4 Å². The zero-order valence-corrected chi connectivity index (χ0v) is 23.0. The van der Waals surface area contributed by atoms with Crippen LogP contribution >= 0.6 is 0 Å². The number of carbonyl (C=O) groups is 3. The summed E-state index contributed by atoms with van der Waals surface area (Å²) >= 11 is 0. The molecule has 1 aliphatic rings. The molecule has 38 heavy (non-hydrogen) atoms. The molecule has 3 atom stereocenters. The molecule has 0 radical (unpaired) electrons. The predicted octanol–water partition coefficient (Wildman–Crippen LogP) is 3.65. The summed E-state index contributed by atoms with van der Waals surface area (Å²) in [6.07, 6.45) is 7.79. The first-order chi connectivity index (χ1) is 18.1. The number of ether oxygens (including phenoxy) is 3. The number of carbonyl (C=O) groups excluding carboxylic acids is 3. The van der Waals surface area contributed by atoms with Crippen LogP contribution in [0.1, 0.15) is 70.9 Å². The number of esters is 2. The summed E-state index contributed by atoms with van der Waals surface area (Å²) < 4.78 is 17.9. The van der Waals surface area contributed by atoms with E-state index in [4.69, 9.17) is 19.9 Å². The van der Waals surface area contributed by atoms with Gasteiger partial charge in [-0.3, -0.25) is 9.59 Å². The van der Waals surface area contributed by atoms with E-state index in [2.05, 4.69) is 11.9 Å². The van der Waals surface area contributed by atoms with Crippen LogP contribution in [0, 0.1) is 0 Å². The molecule has 1 fully saturated rings. The third-order valence-electron chi connectivity index (χ3n) is 7.19. The summed E-state index contributed by atoms with van der Waals surface area (Å²) in [5.74, 6) is -0.0795. The molecule has 0 bridgehead atoms. The molecule has 0 aliphatic carbocycles. The number of rotatable bonds is 12. The topological polar surface area (TPSA) is 126 Å². The molecule has 208 valence electrons. The molecule has 1 aliphatic heterocycles. The van der Waals surface area contributed by atoms with Gasteiger partial charge in [0.2, 0.25) is 5.91 Å². The average molecular weight is 529 g/mol. The number of benzene rings is 1. The maximum Gasteiger partial charge on any atom is 0.328 e. The fourth-order valence-electron chi connectivity index (χ4n) is 4.88. The van der Waals surface area contributed by atoms with E-state index in [1.807, 2.05) is 12.1 Å². The lowest BCUT2D eigenvalue weighted by Gasteiger charge is -2.28. The minimum Gasteiger partial charge on any atom is -0.488 e. The van der Waals surface area contributed by atoms with Crippen LogP contribution in [0.25, 0.3) is 0 Å². The fraction of sp³-hybridized carbons (Fsp3) is 0.571. The number of unbranched alkanes of at least 4 members (excludes halogenated alkanes) is 3. The van der Waals surface area contributed by atoms with Gasteiger partial charge in [-0.15, -0.1) is 0 Å². The van der Waals surface area contributed by atoms with Crippen molar-refractivity contribution in [3.63, 3.8) is 0 Å². The van der Waals surface area contributed by atoms with Crippen molar-refractivity contribution in [2.45, 2.75) is 82.9 Å². The van der Waals surface area contributed by atoms with Crippen molar-refractivity contribution in [1.29, 1.82) is 0 Å². The lowest BCUT2D eigenvalue weighted by molar-refractivity contribution is -0.152. The Kier molecular flexibility index (Phi) is 9.77. The van der Waals surface area contributed by atoms with E-state index in [0.717, 1.165) is 31.2 Å². The molecule has 10 nitrogen and oxygen atoms in total. The van der Waals surface area contributed by atoms with Gasteiger partial charge in [0, 0.05) is 12.6 Å². The molecule has 0 spiro atoms. The Labute approximate surface area is 224 Å². The largest absolute Gasteiger partial charge is 0.488 e. The third-order valence-corrected chi connectivity index (χ3v) is 7.19. The first-order valence-electron chi connectivity index (χ1n) is 13.1. The van der Waals surface area contributed by atoms with Crippen LogP contribution in [0.15, 0.2) is 36.8 Å². The summed E-state index contributed by atoms with van der Waals surface area (Å²) in [4.78, 5) is 44.3. The maximum atomic E-state index is 13.8. The van der Waals surface area contributed by atoms with Crippen LogP contribution in [-0.2, 0) is 29.3 Å². The van der Waals surface area contributed by atoms with Gasteiger partial charge in [-0.1, -0.05) is 44.7 Å². The number of anilines is 1. The molecule has 1 aromatic carbocycles. The number of hydrogen-bond donors (Lipinski definition) is 1. The van der Waals surface area contributed by atoms with Crippen molar-refractivity contribution in [1.82, 2.24) is 14.5 Å². The van der Waals surface area contributed by atoms with Crippen LogP contribution in [0.2, 0.25) is 0 Å². The zero-order chi connectivity index (χ0) is 27.9. The lowest BCUT2D eigenvalue weighted by Crippen LogP contribution is -2.44. The molecule has 0 unspecified atom stereocenters. The molecule has 1 amide bonds. The van der Waals surface area contributed by atoms with Gasteiger partial charge in [0.15, 0.2) is 0 Å². The SMILES string of the molecule is CCCCCC[C@H](C(=O)N1C[C@@H](Oc2ccc(C(C)(C)C(=O)OC)cc2)C[C@H]1C(=O)OC)n1cnc(N)c1. The lowest BCUT2D eigenvalue weighted by atomic mass is 9.85.